The second-order valence-electron chi connectivity index (χ2n) is 4.38. The molecule has 0 radical (unpaired) electrons. The van der Waals surface area contributed by atoms with E-state index in [4.69, 9.17) is 0 Å². The lowest BCUT2D eigenvalue weighted by Crippen LogP contribution is -2.12. The van der Waals surface area contributed by atoms with Gasteiger partial charge in [-0.2, -0.15) is 0 Å². The lowest BCUT2D eigenvalue weighted by Gasteiger charge is -2.07. The van der Waals surface area contributed by atoms with E-state index >= 15 is 0 Å². The molecule has 1 unspecified atom stereocenters. The number of nitrogens with one attached hydrogen (secondary N) is 1. The van der Waals surface area contributed by atoms with Crippen LogP contribution in [0.4, 0.5) is 5.69 Å². The lowest BCUT2D eigenvalue weighted by molar-refractivity contribution is 0.102. The summed E-state index contributed by atoms with van der Waals surface area (Å²) in [5.41, 5.74) is 2.20. The van der Waals surface area contributed by atoms with Gasteiger partial charge in [0.05, 0.1) is 0 Å². The number of halogens is 1. The summed E-state index contributed by atoms with van der Waals surface area (Å²) in [7, 11) is -0.916. The molecule has 0 heterocycles. The molecule has 5 heteroatoms. The van der Waals surface area contributed by atoms with Gasteiger partial charge in [0.25, 0.3) is 5.91 Å². The topological polar surface area (TPSA) is 46.2 Å². The van der Waals surface area contributed by atoms with Crippen molar-refractivity contribution in [3.05, 3.63) is 64.1 Å². The van der Waals surface area contributed by atoms with Crippen LogP contribution in [0.3, 0.4) is 0 Å². The van der Waals surface area contributed by atoms with Gasteiger partial charge >= 0.3 is 0 Å². The molecule has 0 bridgehead atoms. The van der Waals surface area contributed by atoms with Crippen LogP contribution >= 0.6 is 15.9 Å². The molecule has 1 N–H and O–H groups in total. The molecule has 0 spiro atoms. The molecule has 1 atom stereocenters. The van der Waals surface area contributed by atoms with Crippen LogP contribution in [0, 0.1) is 0 Å². The molecule has 2 rings (SSSR count). The molecule has 3 nitrogen and oxygen atoms in total. The minimum atomic E-state index is -0.916. The van der Waals surface area contributed by atoms with E-state index in [0.717, 1.165) is 15.7 Å². The van der Waals surface area contributed by atoms with Gasteiger partial charge in [-0.25, -0.2) is 0 Å². The molecule has 0 aliphatic rings. The van der Waals surface area contributed by atoms with Crippen LogP contribution in [-0.4, -0.2) is 16.4 Å². The predicted octanol–water partition coefficient (Wildman–Crippen LogP) is 3.58. The van der Waals surface area contributed by atoms with Gasteiger partial charge in [0, 0.05) is 38.5 Å². The predicted molar refractivity (Wildman–Crippen MR) is 86.3 cm³/mol. The van der Waals surface area contributed by atoms with Gasteiger partial charge in [-0.15, -0.1) is 0 Å². The average molecular weight is 352 g/mol. The van der Waals surface area contributed by atoms with Crippen LogP contribution < -0.4 is 5.32 Å². The van der Waals surface area contributed by atoms with Gasteiger partial charge in [-0.3, -0.25) is 9.00 Å². The molecule has 2 aromatic carbocycles. The summed E-state index contributed by atoms with van der Waals surface area (Å²) in [5, 5.41) is 2.83. The van der Waals surface area contributed by atoms with Gasteiger partial charge in [-0.05, 0) is 42.0 Å². The molecule has 0 saturated heterocycles. The summed E-state index contributed by atoms with van der Waals surface area (Å²) < 4.78 is 12.2. The summed E-state index contributed by atoms with van der Waals surface area (Å²) in [4.78, 5) is 12.1. The summed E-state index contributed by atoms with van der Waals surface area (Å²) in [6.45, 7) is 0. The Hall–Kier alpha value is -1.46. The number of hydrogen-bond acceptors (Lipinski definition) is 2. The van der Waals surface area contributed by atoms with Gasteiger partial charge in [0.2, 0.25) is 0 Å². The van der Waals surface area contributed by atoms with Crippen molar-refractivity contribution in [2.24, 2.45) is 0 Å². The van der Waals surface area contributed by atoms with Crippen molar-refractivity contribution in [2.45, 2.75) is 5.75 Å². The van der Waals surface area contributed by atoms with Crippen molar-refractivity contribution in [3.8, 4) is 0 Å². The molecule has 0 aliphatic heterocycles. The zero-order valence-electron chi connectivity index (χ0n) is 10.9. The number of carbonyl (C=O) groups excluding carboxylic acids is 1. The molecular formula is C15H14BrNO2S. The maximum Gasteiger partial charge on any atom is 0.255 e. The summed E-state index contributed by atoms with van der Waals surface area (Å²) in [6.07, 6.45) is 1.65. The number of benzene rings is 2. The largest absolute Gasteiger partial charge is 0.322 e. The van der Waals surface area contributed by atoms with E-state index in [9.17, 15) is 9.00 Å². The van der Waals surface area contributed by atoms with E-state index in [1.54, 1.807) is 24.5 Å². The fourth-order valence-corrected chi connectivity index (χ4v) is 2.69. The van der Waals surface area contributed by atoms with Crippen LogP contribution in [0.25, 0.3) is 0 Å². The van der Waals surface area contributed by atoms with Crippen LogP contribution in [0.15, 0.2) is 53.0 Å². The zero-order valence-corrected chi connectivity index (χ0v) is 13.3. The monoisotopic (exact) mass is 351 g/mol. The minimum absolute atomic E-state index is 0.170. The Labute approximate surface area is 129 Å². The third kappa shape index (κ3) is 4.28. The number of amides is 1. The molecule has 1 amide bonds. The van der Waals surface area contributed by atoms with Gasteiger partial charge < -0.3 is 5.32 Å². The summed E-state index contributed by atoms with van der Waals surface area (Å²) >= 11 is 3.35. The molecule has 0 aliphatic carbocycles. The average Bonchev–Trinajstić information content (AvgIpc) is 2.41. The normalized spacial score (nSPS) is 11.9. The molecule has 0 saturated carbocycles. The maximum atomic E-state index is 12.1. The fourth-order valence-electron chi connectivity index (χ4n) is 1.77. The highest BCUT2D eigenvalue weighted by Gasteiger charge is 2.07. The third-order valence-electron chi connectivity index (χ3n) is 2.66. The van der Waals surface area contributed by atoms with Gasteiger partial charge in [0.15, 0.2) is 0 Å². The maximum absolute atomic E-state index is 12.1. The first kappa shape index (κ1) is 14.9. The lowest BCUT2D eigenvalue weighted by atomic mass is 10.1. The smallest absolute Gasteiger partial charge is 0.255 e. The van der Waals surface area contributed by atoms with Crippen molar-refractivity contribution >= 4 is 38.3 Å². The Morgan fingerprint density at radius 2 is 1.90 bits per heavy atom. The molecule has 104 valence electrons. The Morgan fingerprint density at radius 3 is 2.55 bits per heavy atom. The molecule has 0 fully saturated rings. The van der Waals surface area contributed by atoms with Crippen LogP contribution in [-0.2, 0) is 16.6 Å². The van der Waals surface area contributed by atoms with Crippen molar-refractivity contribution in [1.82, 2.24) is 0 Å². The van der Waals surface area contributed by atoms with Gasteiger partial charge in [0.1, 0.15) is 0 Å². The van der Waals surface area contributed by atoms with Crippen molar-refractivity contribution in [2.75, 3.05) is 11.6 Å². The highest BCUT2D eigenvalue weighted by molar-refractivity contribution is 9.10. The SMILES string of the molecule is CS(=O)Cc1cccc(C(=O)Nc2ccc(Br)cc2)c1. The van der Waals surface area contributed by atoms with Crippen LogP contribution in [0.1, 0.15) is 15.9 Å². The second-order valence-corrected chi connectivity index (χ2v) is 6.73. The first-order chi connectivity index (χ1) is 9.54. The van der Waals surface area contributed by atoms with E-state index in [-0.39, 0.29) is 5.91 Å². The zero-order chi connectivity index (χ0) is 14.5. The number of anilines is 1. The summed E-state index contributed by atoms with van der Waals surface area (Å²) in [5.74, 6) is 0.287. The Bertz CT molecular complexity index is 641. The summed E-state index contributed by atoms with van der Waals surface area (Å²) in [6, 6.07) is 14.6. The van der Waals surface area contributed by atoms with E-state index in [1.807, 2.05) is 30.3 Å². The first-order valence-electron chi connectivity index (χ1n) is 6.00. The van der Waals surface area contributed by atoms with E-state index in [1.165, 1.54) is 0 Å². The third-order valence-corrected chi connectivity index (χ3v) is 3.93. The van der Waals surface area contributed by atoms with Crippen LogP contribution in [0.5, 0.6) is 0 Å². The van der Waals surface area contributed by atoms with Crippen molar-refractivity contribution in [3.63, 3.8) is 0 Å². The Balaban J connectivity index is 2.12. The highest BCUT2D eigenvalue weighted by atomic mass is 79.9. The van der Waals surface area contributed by atoms with Crippen molar-refractivity contribution < 1.29 is 9.00 Å². The fraction of sp³-hybridized carbons (Fsp3) is 0.133. The Morgan fingerprint density at radius 1 is 1.20 bits per heavy atom. The van der Waals surface area contributed by atoms with E-state index < -0.39 is 10.8 Å². The van der Waals surface area contributed by atoms with Gasteiger partial charge in [-0.1, -0.05) is 28.1 Å². The molecule has 0 aromatic heterocycles. The minimum Gasteiger partial charge on any atom is -0.322 e. The van der Waals surface area contributed by atoms with E-state index in [0.29, 0.717) is 11.3 Å². The van der Waals surface area contributed by atoms with E-state index in [2.05, 4.69) is 21.2 Å². The second kappa shape index (κ2) is 6.81. The van der Waals surface area contributed by atoms with Crippen molar-refractivity contribution in [1.29, 1.82) is 0 Å². The quantitative estimate of drug-likeness (QED) is 0.914. The highest BCUT2D eigenvalue weighted by Crippen LogP contribution is 2.15. The van der Waals surface area contributed by atoms with Crippen LogP contribution in [0.2, 0.25) is 0 Å². The number of carbonyl (C=O) groups is 1. The number of hydrogen-bond donors (Lipinski definition) is 1. The molecular weight excluding hydrogens is 338 g/mol. The number of rotatable bonds is 4. The Kier molecular flexibility index (Phi) is 5.09. The molecule has 20 heavy (non-hydrogen) atoms. The standard InChI is InChI=1S/C15H14BrNO2S/c1-20(19)10-11-3-2-4-12(9-11)15(18)17-14-7-5-13(16)6-8-14/h2-9H,10H2,1H3,(H,17,18). The first-order valence-corrected chi connectivity index (χ1v) is 8.52. The molecule has 2 aromatic rings.